The Morgan fingerprint density at radius 3 is 2.63 bits per heavy atom. The molecule has 5 rings (SSSR count). The van der Waals surface area contributed by atoms with Crippen molar-refractivity contribution < 1.29 is 9.15 Å². The van der Waals surface area contributed by atoms with E-state index in [2.05, 4.69) is 4.90 Å². The predicted octanol–water partition coefficient (Wildman–Crippen LogP) is 6.12. The summed E-state index contributed by atoms with van der Waals surface area (Å²) in [7, 11) is 0. The zero-order valence-corrected chi connectivity index (χ0v) is 17.4. The Labute approximate surface area is 183 Å². The fourth-order valence-corrected chi connectivity index (χ4v) is 4.23. The van der Waals surface area contributed by atoms with Gasteiger partial charge in [-0.25, -0.2) is 0 Å². The van der Waals surface area contributed by atoms with Crippen molar-refractivity contribution in [3.8, 4) is 16.9 Å². The summed E-state index contributed by atoms with van der Waals surface area (Å²) in [5.74, 6) is 0.733. The van der Waals surface area contributed by atoms with Crippen LogP contribution in [0.5, 0.6) is 5.75 Å². The number of hydrogen-bond acceptors (Lipinski definition) is 4. The molecule has 1 aliphatic rings. The van der Waals surface area contributed by atoms with Gasteiger partial charge in [0.1, 0.15) is 24.3 Å². The molecule has 0 unspecified atom stereocenters. The van der Waals surface area contributed by atoms with Crippen LogP contribution in [-0.2, 0) is 13.1 Å². The zero-order valence-electron chi connectivity index (χ0n) is 15.9. The first-order valence-corrected chi connectivity index (χ1v) is 10.3. The molecular formula is C24H17Cl2NO3. The number of hydrogen-bond donors (Lipinski definition) is 0. The summed E-state index contributed by atoms with van der Waals surface area (Å²) in [5, 5.41) is 1.77. The maximum atomic E-state index is 13.1. The van der Waals surface area contributed by atoms with Crippen molar-refractivity contribution in [2.24, 2.45) is 0 Å². The highest BCUT2D eigenvalue weighted by atomic mass is 35.5. The molecule has 0 atom stereocenters. The molecule has 0 N–H and O–H groups in total. The molecule has 1 aromatic heterocycles. The summed E-state index contributed by atoms with van der Waals surface area (Å²) in [6.45, 7) is 1.60. The molecule has 150 valence electrons. The SMILES string of the molecule is O=c1c(-c2ccccc2)coc2c3c(ccc12)OCN(Cc1ccc(Cl)cc1Cl)C3. The zero-order chi connectivity index (χ0) is 20.7. The standard InChI is InChI=1S/C24H17Cl2NO3/c25-17-7-6-16(21(26)10-17)11-27-12-19-22(30-14-27)9-8-18-23(28)20(13-29-24(18)19)15-4-2-1-3-5-15/h1-10,13H,11-12,14H2. The van der Waals surface area contributed by atoms with Crippen molar-refractivity contribution in [3.05, 3.63) is 98.3 Å². The Kier molecular flexibility index (Phi) is 4.99. The topological polar surface area (TPSA) is 42.7 Å². The van der Waals surface area contributed by atoms with Crippen molar-refractivity contribution in [2.75, 3.05) is 6.73 Å². The van der Waals surface area contributed by atoms with Gasteiger partial charge in [0.05, 0.1) is 16.5 Å². The smallest absolute Gasteiger partial charge is 0.200 e. The molecule has 2 heterocycles. The fraction of sp³-hybridized carbons (Fsp3) is 0.125. The average molecular weight is 438 g/mol. The normalized spacial score (nSPS) is 13.8. The van der Waals surface area contributed by atoms with E-state index in [-0.39, 0.29) is 5.43 Å². The lowest BCUT2D eigenvalue weighted by atomic mass is 10.0. The van der Waals surface area contributed by atoms with Crippen LogP contribution in [0.4, 0.5) is 0 Å². The van der Waals surface area contributed by atoms with Gasteiger partial charge in [0.15, 0.2) is 0 Å². The van der Waals surface area contributed by atoms with E-state index in [0.29, 0.717) is 46.4 Å². The third-order valence-electron chi connectivity index (χ3n) is 5.28. The Bertz CT molecular complexity index is 1300. The van der Waals surface area contributed by atoms with Gasteiger partial charge in [0.2, 0.25) is 5.43 Å². The molecule has 0 saturated carbocycles. The molecule has 0 aliphatic carbocycles. The van der Waals surface area contributed by atoms with Gasteiger partial charge in [-0.3, -0.25) is 9.69 Å². The van der Waals surface area contributed by atoms with Crippen LogP contribution in [0.15, 0.2) is 76.1 Å². The highest BCUT2D eigenvalue weighted by Crippen LogP contribution is 2.33. The number of halogens is 2. The van der Waals surface area contributed by atoms with Gasteiger partial charge < -0.3 is 9.15 Å². The van der Waals surface area contributed by atoms with Crippen LogP contribution >= 0.6 is 23.2 Å². The molecule has 0 bridgehead atoms. The van der Waals surface area contributed by atoms with E-state index in [1.807, 2.05) is 48.5 Å². The number of rotatable bonds is 3. The highest BCUT2D eigenvalue weighted by Gasteiger charge is 2.23. The van der Waals surface area contributed by atoms with Crippen molar-refractivity contribution in [3.63, 3.8) is 0 Å². The molecular weight excluding hydrogens is 421 g/mol. The van der Waals surface area contributed by atoms with E-state index in [4.69, 9.17) is 32.4 Å². The van der Waals surface area contributed by atoms with E-state index in [9.17, 15) is 4.79 Å². The largest absolute Gasteiger partial charge is 0.478 e. The second kappa shape index (κ2) is 7.80. The molecule has 0 saturated heterocycles. The van der Waals surface area contributed by atoms with Crippen molar-refractivity contribution in [2.45, 2.75) is 13.1 Å². The third kappa shape index (κ3) is 3.47. The van der Waals surface area contributed by atoms with Gasteiger partial charge in [0.25, 0.3) is 0 Å². The van der Waals surface area contributed by atoms with E-state index in [0.717, 1.165) is 22.4 Å². The summed E-state index contributed by atoms with van der Waals surface area (Å²) in [5.41, 5.74) is 3.71. The van der Waals surface area contributed by atoms with Gasteiger partial charge in [-0.2, -0.15) is 0 Å². The van der Waals surface area contributed by atoms with Gasteiger partial charge in [0, 0.05) is 23.1 Å². The summed E-state index contributed by atoms with van der Waals surface area (Å²) in [6.07, 6.45) is 1.54. The molecule has 0 fully saturated rings. The third-order valence-corrected chi connectivity index (χ3v) is 5.87. The van der Waals surface area contributed by atoms with Gasteiger partial charge in [-0.15, -0.1) is 0 Å². The number of nitrogens with zero attached hydrogens (tertiary/aromatic N) is 1. The second-order valence-electron chi connectivity index (χ2n) is 7.26. The Balaban J connectivity index is 1.51. The molecule has 4 nitrogen and oxygen atoms in total. The second-order valence-corrected chi connectivity index (χ2v) is 8.10. The maximum absolute atomic E-state index is 13.1. The quantitative estimate of drug-likeness (QED) is 0.387. The molecule has 30 heavy (non-hydrogen) atoms. The Morgan fingerprint density at radius 2 is 1.83 bits per heavy atom. The van der Waals surface area contributed by atoms with Crippen LogP contribution in [0.3, 0.4) is 0 Å². The fourth-order valence-electron chi connectivity index (χ4n) is 3.76. The number of fused-ring (bicyclic) bond motifs is 3. The lowest BCUT2D eigenvalue weighted by Crippen LogP contribution is -2.31. The summed E-state index contributed by atoms with van der Waals surface area (Å²) < 4.78 is 11.9. The van der Waals surface area contributed by atoms with E-state index in [1.165, 1.54) is 6.26 Å². The van der Waals surface area contributed by atoms with Gasteiger partial charge in [-0.05, 0) is 35.4 Å². The predicted molar refractivity (Wildman–Crippen MR) is 119 cm³/mol. The van der Waals surface area contributed by atoms with Crippen LogP contribution in [-0.4, -0.2) is 11.6 Å². The first-order chi connectivity index (χ1) is 14.6. The van der Waals surface area contributed by atoms with Gasteiger partial charge in [-0.1, -0.05) is 59.6 Å². The molecule has 0 radical (unpaired) electrons. The molecule has 0 amide bonds. The molecule has 1 aliphatic heterocycles. The minimum absolute atomic E-state index is 0.0527. The summed E-state index contributed by atoms with van der Waals surface area (Å²) in [4.78, 5) is 15.2. The first kappa shape index (κ1) is 19.2. The highest BCUT2D eigenvalue weighted by molar-refractivity contribution is 6.35. The van der Waals surface area contributed by atoms with Crippen molar-refractivity contribution in [1.29, 1.82) is 0 Å². The summed E-state index contributed by atoms with van der Waals surface area (Å²) >= 11 is 12.3. The van der Waals surface area contributed by atoms with Crippen LogP contribution < -0.4 is 10.2 Å². The minimum Gasteiger partial charge on any atom is -0.478 e. The maximum Gasteiger partial charge on any atom is 0.200 e. The van der Waals surface area contributed by atoms with Crippen molar-refractivity contribution >= 4 is 34.2 Å². The molecule has 0 spiro atoms. The van der Waals surface area contributed by atoms with Crippen LogP contribution in [0.25, 0.3) is 22.1 Å². The average Bonchev–Trinajstić information content (AvgIpc) is 2.76. The van der Waals surface area contributed by atoms with E-state index in [1.54, 1.807) is 12.1 Å². The minimum atomic E-state index is -0.0527. The Hall–Kier alpha value is -2.79. The Morgan fingerprint density at radius 1 is 1.00 bits per heavy atom. The number of ether oxygens (including phenoxy) is 1. The molecule has 3 aromatic carbocycles. The van der Waals surface area contributed by atoms with Crippen LogP contribution in [0.1, 0.15) is 11.1 Å². The number of benzene rings is 3. The van der Waals surface area contributed by atoms with Crippen LogP contribution in [0.2, 0.25) is 10.0 Å². The molecule has 6 heteroatoms. The van der Waals surface area contributed by atoms with E-state index >= 15 is 0 Å². The lowest BCUT2D eigenvalue weighted by molar-refractivity contribution is 0.0890. The van der Waals surface area contributed by atoms with Gasteiger partial charge >= 0.3 is 0 Å². The molecule has 4 aromatic rings. The summed E-state index contributed by atoms with van der Waals surface area (Å²) in [6, 6.07) is 18.6. The van der Waals surface area contributed by atoms with E-state index < -0.39 is 0 Å². The first-order valence-electron chi connectivity index (χ1n) is 9.52. The van der Waals surface area contributed by atoms with Crippen molar-refractivity contribution in [1.82, 2.24) is 4.90 Å². The lowest BCUT2D eigenvalue weighted by Gasteiger charge is -2.29. The monoisotopic (exact) mass is 437 g/mol. The van der Waals surface area contributed by atoms with Crippen LogP contribution in [0, 0.1) is 0 Å².